The molecule has 4 nitrogen and oxygen atoms in total. The summed E-state index contributed by atoms with van der Waals surface area (Å²) in [6.07, 6.45) is 3.67. The number of ether oxygens (including phenoxy) is 2. The van der Waals surface area contributed by atoms with Gasteiger partial charge in [0.15, 0.2) is 0 Å². The first-order valence-electron chi connectivity index (χ1n) is 5.12. The van der Waals surface area contributed by atoms with Gasteiger partial charge in [0.05, 0.1) is 6.61 Å². The average Bonchev–Trinajstić information content (AvgIpc) is 2.18. The molecular weight excluding hydrogens is 196 g/mol. The van der Waals surface area contributed by atoms with Crippen molar-refractivity contribution in [3.05, 3.63) is 12.2 Å². The van der Waals surface area contributed by atoms with Crippen LogP contribution in [0.5, 0.6) is 0 Å². The van der Waals surface area contributed by atoms with Crippen molar-refractivity contribution in [1.29, 1.82) is 0 Å². The lowest BCUT2D eigenvalue weighted by molar-refractivity contribution is -0.147. The summed E-state index contributed by atoms with van der Waals surface area (Å²) in [5, 5.41) is 0. The molecule has 0 aliphatic rings. The van der Waals surface area contributed by atoms with Crippen LogP contribution in [0.3, 0.4) is 0 Å². The van der Waals surface area contributed by atoms with E-state index in [-0.39, 0.29) is 18.0 Å². The van der Waals surface area contributed by atoms with Gasteiger partial charge in [0.25, 0.3) is 0 Å². The lowest BCUT2D eigenvalue weighted by atomic mass is 10.2. The van der Waals surface area contributed by atoms with E-state index >= 15 is 0 Å². The van der Waals surface area contributed by atoms with Crippen LogP contribution in [0.1, 0.15) is 33.6 Å². The summed E-state index contributed by atoms with van der Waals surface area (Å²) in [5.41, 5.74) is 0. The number of hydrogen-bond donors (Lipinski definition) is 0. The van der Waals surface area contributed by atoms with E-state index < -0.39 is 0 Å². The Balaban J connectivity index is 3.74. The lowest BCUT2D eigenvalue weighted by Gasteiger charge is -2.09. The molecule has 0 aliphatic heterocycles. The third-order valence-corrected chi connectivity index (χ3v) is 1.63. The smallest absolute Gasteiger partial charge is 0.330 e. The molecule has 0 aromatic rings. The quantitative estimate of drug-likeness (QED) is 0.500. The van der Waals surface area contributed by atoms with Gasteiger partial charge in [-0.25, -0.2) is 4.79 Å². The molecule has 0 saturated heterocycles. The average molecular weight is 214 g/mol. The molecule has 0 aromatic heterocycles. The second kappa shape index (κ2) is 8.03. The molecule has 0 fully saturated rings. The van der Waals surface area contributed by atoms with Crippen molar-refractivity contribution in [3.8, 4) is 0 Å². The largest absolute Gasteiger partial charge is 0.463 e. The summed E-state index contributed by atoms with van der Waals surface area (Å²) in [6, 6.07) is 0. The highest BCUT2D eigenvalue weighted by molar-refractivity contribution is 5.81. The summed E-state index contributed by atoms with van der Waals surface area (Å²) < 4.78 is 9.69. The van der Waals surface area contributed by atoms with Crippen molar-refractivity contribution in [3.63, 3.8) is 0 Å². The highest BCUT2D eigenvalue weighted by Gasteiger charge is 2.05. The van der Waals surface area contributed by atoms with Crippen LogP contribution in [-0.2, 0) is 19.1 Å². The molecule has 0 saturated carbocycles. The Labute approximate surface area is 90.2 Å². The molecule has 0 rings (SSSR count). The van der Waals surface area contributed by atoms with Crippen molar-refractivity contribution < 1.29 is 19.1 Å². The molecule has 86 valence electrons. The van der Waals surface area contributed by atoms with Gasteiger partial charge in [0, 0.05) is 18.9 Å². The molecule has 0 aliphatic carbocycles. The topological polar surface area (TPSA) is 52.6 Å². The molecule has 0 spiro atoms. The molecule has 0 amide bonds. The van der Waals surface area contributed by atoms with Crippen molar-refractivity contribution >= 4 is 11.9 Å². The van der Waals surface area contributed by atoms with E-state index in [4.69, 9.17) is 9.47 Å². The maximum Gasteiger partial charge on any atom is 0.330 e. The monoisotopic (exact) mass is 214 g/mol. The number of esters is 2. The van der Waals surface area contributed by atoms with Gasteiger partial charge in [0.1, 0.15) is 6.10 Å². The van der Waals surface area contributed by atoms with Gasteiger partial charge < -0.3 is 9.47 Å². The van der Waals surface area contributed by atoms with Gasteiger partial charge in [-0.2, -0.15) is 0 Å². The van der Waals surface area contributed by atoms with Gasteiger partial charge in [-0.1, -0.05) is 13.0 Å². The summed E-state index contributed by atoms with van der Waals surface area (Å²) in [5.74, 6) is -0.599. The molecular formula is C11H18O4. The fourth-order valence-corrected chi connectivity index (χ4v) is 0.902. The number of rotatable bonds is 6. The lowest BCUT2D eigenvalue weighted by Crippen LogP contribution is -2.13. The standard InChI is InChI=1S/C11H18O4/c1-4-10(12)15-9(3)7-6-8-11(13)14-5-2/h6,8-9H,4-5,7H2,1-3H3/b8-6+/t9-/m0/s1. The van der Waals surface area contributed by atoms with E-state index in [1.54, 1.807) is 26.8 Å². The minimum Gasteiger partial charge on any atom is -0.463 e. The SMILES string of the molecule is CCOC(=O)/C=C/C[C@H](C)OC(=O)CC. The molecule has 0 heterocycles. The second-order valence-corrected chi connectivity index (χ2v) is 3.04. The van der Waals surface area contributed by atoms with Gasteiger partial charge in [-0.3, -0.25) is 4.79 Å². The first-order chi connectivity index (χ1) is 7.10. The fourth-order valence-electron chi connectivity index (χ4n) is 0.902. The zero-order chi connectivity index (χ0) is 11.7. The first-order valence-corrected chi connectivity index (χ1v) is 5.12. The predicted molar refractivity (Wildman–Crippen MR) is 56.2 cm³/mol. The fraction of sp³-hybridized carbons (Fsp3) is 0.636. The van der Waals surface area contributed by atoms with Crippen LogP contribution >= 0.6 is 0 Å². The molecule has 1 atom stereocenters. The van der Waals surface area contributed by atoms with Crippen LogP contribution < -0.4 is 0 Å². The molecule has 4 heteroatoms. The van der Waals surface area contributed by atoms with Gasteiger partial charge in [0.2, 0.25) is 0 Å². The van der Waals surface area contributed by atoms with E-state index in [0.717, 1.165) is 0 Å². The maximum atomic E-state index is 10.9. The van der Waals surface area contributed by atoms with Crippen molar-refractivity contribution in [1.82, 2.24) is 0 Å². The normalized spacial score (nSPS) is 12.5. The molecule has 0 N–H and O–H groups in total. The summed E-state index contributed by atoms with van der Waals surface area (Å²) in [7, 11) is 0. The minimum absolute atomic E-state index is 0.205. The van der Waals surface area contributed by atoms with Crippen LogP contribution in [0.15, 0.2) is 12.2 Å². The molecule has 0 unspecified atom stereocenters. The Bertz CT molecular complexity index is 233. The molecule has 0 radical (unpaired) electrons. The van der Waals surface area contributed by atoms with E-state index in [1.807, 2.05) is 0 Å². The van der Waals surface area contributed by atoms with Gasteiger partial charge >= 0.3 is 11.9 Å². The Morgan fingerprint density at radius 2 is 2.00 bits per heavy atom. The Morgan fingerprint density at radius 3 is 2.53 bits per heavy atom. The summed E-state index contributed by atoms with van der Waals surface area (Å²) in [4.78, 5) is 21.8. The van der Waals surface area contributed by atoms with Crippen LogP contribution in [0.4, 0.5) is 0 Å². The molecule has 15 heavy (non-hydrogen) atoms. The van der Waals surface area contributed by atoms with Crippen molar-refractivity contribution in [2.24, 2.45) is 0 Å². The summed E-state index contributed by atoms with van der Waals surface area (Å²) >= 11 is 0. The first kappa shape index (κ1) is 13.7. The predicted octanol–water partition coefficient (Wildman–Crippen LogP) is 1.84. The highest BCUT2D eigenvalue weighted by atomic mass is 16.5. The molecule has 0 aromatic carbocycles. The third kappa shape index (κ3) is 7.73. The Morgan fingerprint density at radius 1 is 1.33 bits per heavy atom. The molecule has 0 bridgehead atoms. The van der Waals surface area contributed by atoms with Crippen LogP contribution in [0.2, 0.25) is 0 Å². The van der Waals surface area contributed by atoms with E-state index in [9.17, 15) is 9.59 Å². The zero-order valence-corrected chi connectivity index (χ0v) is 9.49. The number of carbonyl (C=O) groups excluding carboxylic acids is 2. The second-order valence-electron chi connectivity index (χ2n) is 3.04. The van der Waals surface area contributed by atoms with Crippen molar-refractivity contribution in [2.45, 2.75) is 39.7 Å². The number of hydrogen-bond acceptors (Lipinski definition) is 4. The maximum absolute atomic E-state index is 10.9. The Kier molecular flexibility index (Phi) is 7.32. The van der Waals surface area contributed by atoms with Crippen molar-refractivity contribution in [2.75, 3.05) is 6.61 Å². The van der Waals surface area contributed by atoms with E-state index in [1.165, 1.54) is 6.08 Å². The highest BCUT2D eigenvalue weighted by Crippen LogP contribution is 2.00. The Hall–Kier alpha value is -1.32. The van der Waals surface area contributed by atoms with Gasteiger partial charge in [-0.05, 0) is 13.8 Å². The van der Waals surface area contributed by atoms with Gasteiger partial charge in [-0.15, -0.1) is 0 Å². The third-order valence-electron chi connectivity index (χ3n) is 1.63. The van der Waals surface area contributed by atoms with E-state index in [0.29, 0.717) is 19.4 Å². The minimum atomic E-state index is -0.369. The zero-order valence-electron chi connectivity index (χ0n) is 9.49. The summed E-state index contributed by atoms with van der Waals surface area (Å²) in [6.45, 7) is 5.63. The van der Waals surface area contributed by atoms with E-state index in [2.05, 4.69) is 0 Å². The van der Waals surface area contributed by atoms with Crippen LogP contribution in [0, 0.1) is 0 Å². The van der Waals surface area contributed by atoms with Crippen LogP contribution in [-0.4, -0.2) is 24.6 Å². The number of carbonyl (C=O) groups is 2. The van der Waals surface area contributed by atoms with Crippen LogP contribution in [0.25, 0.3) is 0 Å².